The van der Waals surface area contributed by atoms with Crippen molar-refractivity contribution in [2.75, 3.05) is 31.1 Å². The maximum Gasteiger partial charge on any atom is 0.277 e. The molecule has 2 aromatic heterocycles. The molecule has 1 saturated heterocycles. The predicted octanol–water partition coefficient (Wildman–Crippen LogP) is 5.67. The summed E-state index contributed by atoms with van der Waals surface area (Å²) >= 11 is 7.39. The molecule has 0 unspecified atom stereocenters. The third kappa shape index (κ3) is 7.64. The highest BCUT2D eigenvalue weighted by molar-refractivity contribution is 7.98. The summed E-state index contributed by atoms with van der Waals surface area (Å²) in [4.78, 5) is 35.1. The second-order valence-electron chi connectivity index (χ2n) is 11.0. The Morgan fingerprint density at radius 2 is 1.56 bits per heavy atom. The molecule has 0 atom stereocenters. The van der Waals surface area contributed by atoms with E-state index in [1.807, 2.05) is 42.4 Å². The highest BCUT2D eigenvalue weighted by Gasteiger charge is 2.23. The van der Waals surface area contributed by atoms with Crippen molar-refractivity contribution >= 4 is 35.0 Å². The minimum atomic E-state index is -0.333. The molecule has 0 aliphatic carbocycles. The smallest absolute Gasteiger partial charge is 0.277 e. The number of rotatable bonds is 9. The summed E-state index contributed by atoms with van der Waals surface area (Å²) in [6, 6.07) is 22.5. The van der Waals surface area contributed by atoms with Crippen molar-refractivity contribution in [2.24, 2.45) is 7.05 Å². The molecule has 1 fully saturated rings. The molecule has 230 valence electrons. The van der Waals surface area contributed by atoms with Crippen molar-refractivity contribution < 1.29 is 9.18 Å². The molecule has 3 aromatic carbocycles. The Balaban J connectivity index is 1.13. The van der Waals surface area contributed by atoms with Crippen LogP contribution >= 0.6 is 23.4 Å². The fourth-order valence-electron chi connectivity index (χ4n) is 5.35. The number of hydrogen-bond acceptors (Lipinski definition) is 6. The van der Waals surface area contributed by atoms with Crippen LogP contribution in [-0.4, -0.2) is 56.3 Å². The Bertz CT molecular complexity index is 1830. The number of piperazine rings is 1. The zero-order chi connectivity index (χ0) is 31.3. The molecule has 0 spiro atoms. The fourth-order valence-corrected chi connectivity index (χ4v) is 6.39. The lowest BCUT2D eigenvalue weighted by Crippen LogP contribution is -2.49. The number of carbonyl (C=O) groups excluding carboxylic acids is 1. The molecule has 11 heteroatoms. The molecular formula is C34H32ClFN6O2S. The predicted molar refractivity (Wildman–Crippen MR) is 176 cm³/mol. The SMILES string of the molecule is Cn1cc(Cc2cn(CC(=O)N3CCN(c4ccc(-c5ccc(Cl)cc5)cc4)CC3)c(SCc3ccc(F)cc3)nc2=O)cn1. The van der Waals surface area contributed by atoms with Gasteiger partial charge in [0.1, 0.15) is 12.4 Å². The molecule has 45 heavy (non-hydrogen) atoms. The van der Waals surface area contributed by atoms with Gasteiger partial charge < -0.3 is 14.4 Å². The number of anilines is 1. The summed E-state index contributed by atoms with van der Waals surface area (Å²) in [5, 5.41) is 5.36. The molecule has 5 aromatic rings. The van der Waals surface area contributed by atoms with E-state index in [9.17, 15) is 14.0 Å². The van der Waals surface area contributed by atoms with Crippen LogP contribution in [-0.2, 0) is 30.6 Å². The quantitative estimate of drug-likeness (QED) is 0.152. The first-order valence-corrected chi connectivity index (χ1v) is 16.0. The van der Waals surface area contributed by atoms with Crippen LogP contribution in [0.15, 0.2) is 101 Å². The molecule has 6 rings (SSSR count). The highest BCUT2D eigenvalue weighted by atomic mass is 35.5. The molecule has 0 bridgehead atoms. The monoisotopic (exact) mass is 642 g/mol. The van der Waals surface area contributed by atoms with Crippen LogP contribution in [0.3, 0.4) is 0 Å². The van der Waals surface area contributed by atoms with Gasteiger partial charge in [0.15, 0.2) is 5.16 Å². The van der Waals surface area contributed by atoms with Crippen molar-refractivity contribution in [2.45, 2.75) is 23.9 Å². The van der Waals surface area contributed by atoms with Crippen molar-refractivity contribution in [1.29, 1.82) is 0 Å². The van der Waals surface area contributed by atoms with Crippen LogP contribution in [0.25, 0.3) is 11.1 Å². The standard InChI is InChI=1S/C34H32ClFN6O2S/c1-39-20-25(19-37-39)18-28-21-42(34(38-33(28)44)45-23-24-2-10-30(36)11-3-24)22-32(43)41-16-14-40(15-17-41)31-12-6-27(7-13-31)26-4-8-29(35)9-5-26/h2-13,19-21H,14-18,22-23H2,1H3. The van der Waals surface area contributed by atoms with Gasteiger partial charge in [-0.05, 0) is 58.7 Å². The van der Waals surface area contributed by atoms with Gasteiger partial charge in [-0.1, -0.05) is 59.8 Å². The average Bonchev–Trinajstić information content (AvgIpc) is 3.47. The fraction of sp³-hybridized carbons (Fsp3) is 0.235. The number of halogens is 2. The summed E-state index contributed by atoms with van der Waals surface area (Å²) in [5.41, 5.74) is 5.29. The Hall–Kier alpha value is -4.41. The summed E-state index contributed by atoms with van der Waals surface area (Å²) in [6.07, 6.45) is 5.69. The van der Waals surface area contributed by atoms with Crippen molar-refractivity contribution in [1.82, 2.24) is 24.2 Å². The van der Waals surface area contributed by atoms with Gasteiger partial charge in [-0.15, -0.1) is 0 Å². The number of aromatic nitrogens is 4. The molecule has 3 heterocycles. The summed E-state index contributed by atoms with van der Waals surface area (Å²) in [6.45, 7) is 2.67. The molecular weight excluding hydrogens is 611 g/mol. The lowest BCUT2D eigenvalue weighted by Gasteiger charge is -2.36. The lowest BCUT2D eigenvalue weighted by atomic mass is 10.1. The molecule has 1 aliphatic heterocycles. The normalized spacial score (nSPS) is 13.3. The van der Waals surface area contributed by atoms with Crippen molar-refractivity contribution in [3.63, 3.8) is 0 Å². The Labute approximate surface area is 270 Å². The minimum Gasteiger partial charge on any atom is -0.368 e. The zero-order valence-corrected chi connectivity index (χ0v) is 26.3. The summed E-state index contributed by atoms with van der Waals surface area (Å²) < 4.78 is 16.9. The number of nitrogens with zero attached hydrogens (tertiary/aromatic N) is 6. The van der Waals surface area contributed by atoms with E-state index >= 15 is 0 Å². The average molecular weight is 643 g/mol. The highest BCUT2D eigenvalue weighted by Crippen LogP contribution is 2.26. The molecule has 0 radical (unpaired) electrons. The van der Waals surface area contributed by atoms with E-state index in [-0.39, 0.29) is 23.8 Å². The molecule has 1 amide bonds. The maximum atomic E-state index is 13.6. The second kappa shape index (κ2) is 13.7. The van der Waals surface area contributed by atoms with E-state index in [0.29, 0.717) is 54.1 Å². The van der Waals surface area contributed by atoms with E-state index in [2.05, 4.69) is 39.2 Å². The van der Waals surface area contributed by atoms with Gasteiger partial charge in [0.2, 0.25) is 5.91 Å². The largest absolute Gasteiger partial charge is 0.368 e. The summed E-state index contributed by atoms with van der Waals surface area (Å²) in [5.74, 6) is 0.145. The van der Waals surface area contributed by atoms with Gasteiger partial charge in [-0.25, -0.2) is 4.39 Å². The van der Waals surface area contributed by atoms with Gasteiger partial charge in [0, 0.05) is 74.1 Å². The first kappa shape index (κ1) is 30.6. The Kier molecular flexibility index (Phi) is 9.32. The van der Waals surface area contributed by atoms with Crippen LogP contribution < -0.4 is 10.5 Å². The van der Waals surface area contributed by atoms with E-state index in [1.54, 1.807) is 33.8 Å². The summed E-state index contributed by atoms with van der Waals surface area (Å²) in [7, 11) is 1.82. The van der Waals surface area contributed by atoms with Gasteiger partial charge in [0.25, 0.3) is 5.56 Å². The van der Waals surface area contributed by atoms with Crippen LogP contribution in [0.1, 0.15) is 16.7 Å². The van der Waals surface area contributed by atoms with E-state index in [1.165, 1.54) is 23.9 Å². The van der Waals surface area contributed by atoms with Crippen molar-refractivity contribution in [3.8, 4) is 11.1 Å². The maximum absolute atomic E-state index is 13.6. The third-order valence-electron chi connectivity index (χ3n) is 7.81. The molecule has 0 saturated carbocycles. The number of thioether (sulfide) groups is 1. The minimum absolute atomic E-state index is 0.0332. The molecule has 0 N–H and O–H groups in total. The van der Waals surface area contributed by atoms with Gasteiger partial charge in [-0.2, -0.15) is 10.1 Å². The van der Waals surface area contributed by atoms with Crippen LogP contribution in [0, 0.1) is 5.82 Å². The Morgan fingerprint density at radius 1 is 0.889 bits per heavy atom. The third-order valence-corrected chi connectivity index (χ3v) is 9.13. The Morgan fingerprint density at radius 3 is 2.20 bits per heavy atom. The molecule has 8 nitrogen and oxygen atoms in total. The van der Waals surface area contributed by atoms with Gasteiger partial charge >= 0.3 is 0 Å². The van der Waals surface area contributed by atoms with Gasteiger partial charge in [-0.3, -0.25) is 14.3 Å². The number of aryl methyl sites for hydroxylation is 1. The van der Waals surface area contributed by atoms with Crippen LogP contribution in [0.2, 0.25) is 5.02 Å². The van der Waals surface area contributed by atoms with Crippen LogP contribution in [0.5, 0.6) is 0 Å². The molecule has 1 aliphatic rings. The number of hydrogen-bond donors (Lipinski definition) is 0. The number of amides is 1. The first-order valence-electron chi connectivity index (χ1n) is 14.6. The van der Waals surface area contributed by atoms with Gasteiger partial charge in [0.05, 0.1) is 6.20 Å². The zero-order valence-electron chi connectivity index (χ0n) is 24.8. The van der Waals surface area contributed by atoms with E-state index in [4.69, 9.17) is 11.6 Å². The second-order valence-corrected chi connectivity index (χ2v) is 12.4. The van der Waals surface area contributed by atoms with E-state index < -0.39 is 0 Å². The number of benzene rings is 3. The number of carbonyl (C=O) groups is 1. The topological polar surface area (TPSA) is 76.3 Å². The van der Waals surface area contributed by atoms with Crippen molar-refractivity contribution in [3.05, 3.63) is 129 Å². The lowest BCUT2D eigenvalue weighted by molar-refractivity contribution is -0.132. The van der Waals surface area contributed by atoms with Crippen LogP contribution in [0.4, 0.5) is 10.1 Å². The first-order chi connectivity index (χ1) is 21.8. The van der Waals surface area contributed by atoms with E-state index in [0.717, 1.165) is 27.9 Å².